The quantitative estimate of drug-likeness (QED) is 0.779. The third-order valence-electron chi connectivity index (χ3n) is 3.37. The van der Waals surface area contributed by atoms with Crippen LogP contribution in [0.5, 0.6) is 5.75 Å². The van der Waals surface area contributed by atoms with Gasteiger partial charge in [0, 0.05) is 5.75 Å². The number of anilines is 1. The van der Waals surface area contributed by atoms with Gasteiger partial charge in [-0.05, 0) is 24.8 Å². The number of hydrogen-bond donors (Lipinski definition) is 0. The van der Waals surface area contributed by atoms with Gasteiger partial charge in [0.05, 0.1) is 31.0 Å². The molecular weight excluding hydrogens is 286 g/mol. The maximum atomic E-state index is 6.05. The Balaban J connectivity index is 2.05. The standard InChI is InChI=1S/C12H16ClN3O2S/c1-7-3-17-4-8-5-18-10-9(6-19-2)14-12(13)15-11(10)16(7)8/h7-8H,3-6H2,1-2H3/t7-,8-/m1/s1. The lowest BCUT2D eigenvalue weighted by Crippen LogP contribution is -2.56. The molecule has 3 rings (SSSR count). The summed E-state index contributed by atoms with van der Waals surface area (Å²) in [6.45, 7) is 4.12. The SMILES string of the molecule is CSCc1nc(Cl)nc2c1OC[C@H]1COC[C@@H](C)N21. The van der Waals surface area contributed by atoms with Gasteiger partial charge in [0.2, 0.25) is 5.28 Å². The molecule has 2 aliphatic heterocycles. The van der Waals surface area contributed by atoms with E-state index in [1.54, 1.807) is 11.8 Å². The van der Waals surface area contributed by atoms with Gasteiger partial charge in [-0.3, -0.25) is 0 Å². The summed E-state index contributed by atoms with van der Waals surface area (Å²) in [7, 11) is 0. The highest BCUT2D eigenvalue weighted by molar-refractivity contribution is 7.97. The molecule has 1 saturated heterocycles. The van der Waals surface area contributed by atoms with Crippen LogP contribution in [-0.2, 0) is 10.5 Å². The van der Waals surface area contributed by atoms with Crippen molar-refractivity contribution in [3.05, 3.63) is 11.0 Å². The molecule has 5 nitrogen and oxygen atoms in total. The van der Waals surface area contributed by atoms with E-state index < -0.39 is 0 Å². The molecular formula is C12H16ClN3O2S. The predicted molar refractivity (Wildman–Crippen MR) is 76.3 cm³/mol. The number of hydrogen-bond acceptors (Lipinski definition) is 6. The molecule has 1 aromatic heterocycles. The van der Waals surface area contributed by atoms with Crippen LogP contribution in [0, 0.1) is 0 Å². The topological polar surface area (TPSA) is 47.5 Å². The average Bonchev–Trinajstić information content (AvgIpc) is 2.38. The van der Waals surface area contributed by atoms with Gasteiger partial charge in [0.25, 0.3) is 0 Å². The molecule has 1 aromatic rings. The van der Waals surface area contributed by atoms with Gasteiger partial charge >= 0.3 is 0 Å². The Labute approximate surface area is 121 Å². The van der Waals surface area contributed by atoms with E-state index in [1.807, 2.05) is 6.26 Å². The van der Waals surface area contributed by atoms with E-state index in [0.29, 0.717) is 19.8 Å². The first-order valence-electron chi connectivity index (χ1n) is 6.25. The molecule has 0 aromatic carbocycles. The molecule has 0 unspecified atom stereocenters. The number of thioether (sulfide) groups is 1. The Hall–Kier alpha value is -0.720. The highest BCUT2D eigenvalue weighted by Gasteiger charge is 2.37. The smallest absolute Gasteiger partial charge is 0.224 e. The summed E-state index contributed by atoms with van der Waals surface area (Å²) in [6.07, 6.45) is 2.03. The lowest BCUT2D eigenvalue weighted by molar-refractivity contribution is 0.0484. The van der Waals surface area contributed by atoms with Crippen LogP contribution in [0.4, 0.5) is 5.82 Å². The third-order valence-corrected chi connectivity index (χ3v) is 4.10. The molecule has 0 spiro atoms. The average molecular weight is 302 g/mol. The van der Waals surface area contributed by atoms with E-state index in [2.05, 4.69) is 21.8 Å². The van der Waals surface area contributed by atoms with Crippen molar-refractivity contribution >= 4 is 29.2 Å². The zero-order chi connectivity index (χ0) is 13.4. The summed E-state index contributed by atoms with van der Waals surface area (Å²) >= 11 is 7.75. The van der Waals surface area contributed by atoms with E-state index in [9.17, 15) is 0 Å². The van der Waals surface area contributed by atoms with Gasteiger partial charge in [0.15, 0.2) is 11.6 Å². The van der Waals surface area contributed by atoms with Gasteiger partial charge in [-0.25, -0.2) is 4.98 Å². The van der Waals surface area contributed by atoms with E-state index in [-0.39, 0.29) is 17.4 Å². The van der Waals surface area contributed by atoms with E-state index in [4.69, 9.17) is 21.1 Å². The van der Waals surface area contributed by atoms with Crippen LogP contribution in [0.25, 0.3) is 0 Å². The fourth-order valence-corrected chi connectivity index (χ4v) is 3.25. The minimum Gasteiger partial charge on any atom is -0.486 e. The fraction of sp³-hybridized carbons (Fsp3) is 0.667. The van der Waals surface area contributed by atoms with Crippen LogP contribution >= 0.6 is 23.4 Å². The lowest BCUT2D eigenvalue weighted by atomic mass is 10.1. The number of morpholine rings is 1. The Kier molecular flexibility index (Phi) is 3.73. The molecule has 7 heteroatoms. The molecule has 2 aliphatic rings. The number of rotatable bonds is 2. The highest BCUT2D eigenvalue weighted by Crippen LogP contribution is 2.38. The summed E-state index contributed by atoms with van der Waals surface area (Å²) in [5.41, 5.74) is 0.875. The Morgan fingerprint density at radius 3 is 3.00 bits per heavy atom. The largest absolute Gasteiger partial charge is 0.486 e. The highest BCUT2D eigenvalue weighted by atomic mass is 35.5. The molecule has 19 heavy (non-hydrogen) atoms. The van der Waals surface area contributed by atoms with Crippen LogP contribution in [0.2, 0.25) is 5.28 Å². The molecule has 0 amide bonds. The van der Waals surface area contributed by atoms with Crippen LogP contribution < -0.4 is 9.64 Å². The summed E-state index contributed by atoms with van der Waals surface area (Å²) in [5, 5.41) is 0.283. The van der Waals surface area contributed by atoms with Gasteiger partial charge in [-0.2, -0.15) is 16.7 Å². The Morgan fingerprint density at radius 2 is 2.21 bits per heavy atom. The van der Waals surface area contributed by atoms with Crippen LogP contribution in [0.1, 0.15) is 12.6 Å². The Bertz CT molecular complexity index is 488. The van der Waals surface area contributed by atoms with Crippen molar-refractivity contribution in [3.8, 4) is 5.75 Å². The predicted octanol–water partition coefficient (Wildman–Crippen LogP) is 1.98. The van der Waals surface area contributed by atoms with Gasteiger partial charge < -0.3 is 14.4 Å². The van der Waals surface area contributed by atoms with Crippen molar-refractivity contribution in [2.75, 3.05) is 31.0 Å². The maximum Gasteiger partial charge on any atom is 0.224 e. The number of halogens is 1. The first kappa shape index (κ1) is 13.3. The maximum absolute atomic E-state index is 6.05. The van der Waals surface area contributed by atoms with Gasteiger partial charge in [0.1, 0.15) is 6.61 Å². The van der Waals surface area contributed by atoms with Crippen molar-refractivity contribution in [2.24, 2.45) is 0 Å². The van der Waals surface area contributed by atoms with Crippen molar-refractivity contribution in [3.63, 3.8) is 0 Å². The van der Waals surface area contributed by atoms with Gasteiger partial charge in [-0.15, -0.1) is 0 Å². The molecule has 3 heterocycles. The molecule has 0 aliphatic carbocycles. The number of aromatic nitrogens is 2. The van der Waals surface area contributed by atoms with Crippen molar-refractivity contribution in [1.82, 2.24) is 9.97 Å². The van der Waals surface area contributed by atoms with Crippen molar-refractivity contribution in [1.29, 1.82) is 0 Å². The number of ether oxygens (including phenoxy) is 2. The lowest BCUT2D eigenvalue weighted by Gasteiger charge is -2.44. The van der Waals surface area contributed by atoms with Crippen LogP contribution in [0.15, 0.2) is 0 Å². The fourth-order valence-electron chi connectivity index (χ4n) is 2.60. The summed E-state index contributed by atoms with van der Waals surface area (Å²) < 4.78 is 11.4. The first-order valence-corrected chi connectivity index (χ1v) is 8.02. The van der Waals surface area contributed by atoms with E-state index >= 15 is 0 Å². The Morgan fingerprint density at radius 1 is 1.37 bits per heavy atom. The molecule has 0 radical (unpaired) electrons. The minimum atomic E-state index is 0.212. The molecule has 2 atom stereocenters. The molecule has 104 valence electrons. The number of nitrogens with zero attached hydrogens (tertiary/aromatic N) is 3. The van der Waals surface area contributed by atoms with Crippen molar-refractivity contribution < 1.29 is 9.47 Å². The second-order valence-electron chi connectivity index (χ2n) is 4.78. The third kappa shape index (κ3) is 2.37. The first-order chi connectivity index (χ1) is 9.20. The van der Waals surface area contributed by atoms with Crippen LogP contribution in [0.3, 0.4) is 0 Å². The monoisotopic (exact) mass is 301 g/mol. The summed E-state index contributed by atoms with van der Waals surface area (Å²) in [5.74, 6) is 2.37. The minimum absolute atomic E-state index is 0.212. The van der Waals surface area contributed by atoms with Crippen LogP contribution in [-0.4, -0.2) is 48.1 Å². The zero-order valence-electron chi connectivity index (χ0n) is 10.9. The van der Waals surface area contributed by atoms with Gasteiger partial charge in [-0.1, -0.05) is 0 Å². The number of fused-ring (bicyclic) bond motifs is 3. The van der Waals surface area contributed by atoms with Crippen molar-refractivity contribution in [2.45, 2.75) is 24.8 Å². The second-order valence-corrected chi connectivity index (χ2v) is 5.99. The molecule has 1 fully saturated rings. The normalized spacial score (nSPS) is 25.5. The van der Waals surface area contributed by atoms with E-state index in [0.717, 1.165) is 23.0 Å². The summed E-state index contributed by atoms with van der Waals surface area (Å²) in [6, 6.07) is 0.485. The molecule has 0 N–H and O–H groups in total. The van der Waals surface area contributed by atoms with E-state index in [1.165, 1.54) is 0 Å². The molecule has 0 saturated carbocycles. The molecule has 0 bridgehead atoms. The zero-order valence-corrected chi connectivity index (χ0v) is 12.5. The summed E-state index contributed by atoms with van der Waals surface area (Å²) in [4.78, 5) is 10.9. The second kappa shape index (κ2) is 5.34.